The third-order valence-electron chi connectivity index (χ3n) is 6.10. The smallest absolute Gasteiger partial charge is 0.241 e. The largest absolute Gasteiger partial charge is 0.497 e. The van der Waals surface area contributed by atoms with Crippen LogP contribution in [0.3, 0.4) is 0 Å². The molecule has 2 aliphatic heterocycles. The minimum Gasteiger partial charge on any atom is -0.497 e. The Balaban J connectivity index is 1.35. The van der Waals surface area contributed by atoms with Gasteiger partial charge in [-0.3, -0.25) is 9.69 Å². The maximum absolute atomic E-state index is 13.4. The van der Waals surface area contributed by atoms with Crippen LogP contribution in [0.4, 0.5) is 15.8 Å². The summed E-state index contributed by atoms with van der Waals surface area (Å²) < 4.78 is 18.7. The highest BCUT2D eigenvalue weighted by molar-refractivity contribution is 5.95. The Morgan fingerprint density at radius 3 is 2.52 bits per heavy atom. The summed E-state index contributed by atoms with van der Waals surface area (Å²) in [6, 6.07) is 13.1. The average Bonchev–Trinajstić information content (AvgIpc) is 2.74. The van der Waals surface area contributed by atoms with E-state index in [2.05, 4.69) is 9.80 Å². The Labute approximate surface area is 171 Å². The number of nitrogens with zero attached hydrogens (tertiary/aromatic N) is 3. The van der Waals surface area contributed by atoms with Crippen molar-refractivity contribution in [2.45, 2.75) is 25.8 Å². The van der Waals surface area contributed by atoms with Crippen molar-refractivity contribution in [3.8, 4) is 5.75 Å². The van der Waals surface area contributed by atoms with Crippen LogP contribution in [0, 0.1) is 12.7 Å². The van der Waals surface area contributed by atoms with E-state index >= 15 is 0 Å². The Kier molecular flexibility index (Phi) is 5.72. The fourth-order valence-electron chi connectivity index (χ4n) is 4.50. The first-order valence-electron chi connectivity index (χ1n) is 10.2. The molecule has 5 nitrogen and oxygen atoms in total. The normalized spacial score (nSPS) is 18.9. The number of halogens is 1. The third-order valence-corrected chi connectivity index (χ3v) is 6.10. The Morgan fingerprint density at radius 1 is 1.03 bits per heavy atom. The number of rotatable bonds is 4. The van der Waals surface area contributed by atoms with E-state index in [4.69, 9.17) is 4.74 Å². The van der Waals surface area contributed by atoms with E-state index in [1.54, 1.807) is 13.2 Å². The molecule has 0 spiro atoms. The van der Waals surface area contributed by atoms with Crippen LogP contribution in [0.5, 0.6) is 5.75 Å². The number of anilines is 2. The molecule has 0 aliphatic carbocycles. The number of piperazine rings is 1. The van der Waals surface area contributed by atoms with Crippen LogP contribution in [0.25, 0.3) is 0 Å². The van der Waals surface area contributed by atoms with E-state index in [0.29, 0.717) is 19.1 Å². The van der Waals surface area contributed by atoms with Crippen LogP contribution in [0.2, 0.25) is 0 Å². The minimum absolute atomic E-state index is 0.140. The monoisotopic (exact) mass is 397 g/mol. The molecule has 0 bridgehead atoms. The number of hydrogen-bond acceptors (Lipinski definition) is 4. The summed E-state index contributed by atoms with van der Waals surface area (Å²) in [5, 5.41) is 0. The van der Waals surface area contributed by atoms with Crippen LogP contribution in [0.15, 0.2) is 42.5 Å². The molecular formula is C23H28FN3O2. The number of benzene rings is 2. The van der Waals surface area contributed by atoms with Crippen molar-refractivity contribution >= 4 is 17.3 Å². The molecule has 6 heteroatoms. The highest BCUT2D eigenvalue weighted by Gasteiger charge is 2.32. The zero-order valence-electron chi connectivity index (χ0n) is 17.1. The van der Waals surface area contributed by atoms with Crippen LogP contribution < -0.4 is 14.5 Å². The molecule has 0 unspecified atom stereocenters. The van der Waals surface area contributed by atoms with E-state index < -0.39 is 0 Å². The first kappa shape index (κ1) is 19.7. The number of amides is 1. The van der Waals surface area contributed by atoms with Crippen LogP contribution in [0.1, 0.15) is 18.4 Å². The van der Waals surface area contributed by atoms with Crippen molar-refractivity contribution in [3.63, 3.8) is 0 Å². The lowest BCUT2D eigenvalue weighted by Gasteiger charge is -2.43. The van der Waals surface area contributed by atoms with E-state index in [1.807, 2.05) is 42.2 Å². The lowest BCUT2D eigenvalue weighted by atomic mass is 10.0. The average molecular weight is 397 g/mol. The summed E-state index contributed by atoms with van der Waals surface area (Å²) in [4.78, 5) is 19.3. The van der Waals surface area contributed by atoms with Gasteiger partial charge in [0.15, 0.2) is 0 Å². The topological polar surface area (TPSA) is 36.0 Å². The van der Waals surface area contributed by atoms with Gasteiger partial charge in [-0.25, -0.2) is 4.39 Å². The van der Waals surface area contributed by atoms with Gasteiger partial charge in [-0.2, -0.15) is 0 Å². The number of carbonyl (C=O) groups excluding carboxylic acids is 1. The summed E-state index contributed by atoms with van der Waals surface area (Å²) in [7, 11) is 1.64. The van der Waals surface area contributed by atoms with Crippen molar-refractivity contribution in [2.24, 2.45) is 0 Å². The number of ether oxygens (including phenoxy) is 1. The second-order valence-corrected chi connectivity index (χ2v) is 7.87. The summed E-state index contributed by atoms with van der Waals surface area (Å²) >= 11 is 0. The maximum atomic E-state index is 13.4. The predicted molar refractivity (Wildman–Crippen MR) is 113 cm³/mol. The first-order valence-corrected chi connectivity index (χ1v) is 10.2. The maximum Gasteiger partial charge on any atom is 0.241 e. The molecule has 0 saturated carbocycles. The van der Waals surface area contributed by atoms with Gasteiger partial charge in [-0.15, -0.1) is 0 Å². The van der Waals surface area contributed by atoms with Gasteiger partial charge in [0.1, 0.15) is 11.6 Å². The van der Waals surface area contributed by atoms with Crippen LogP contribution in [-0.2, 0) is 4.79 Å². The van der Waals surface area contributed by atoms with Gasteiger partial charge < -0.3 is 14.5 Å². The quantitative estimate of drug-likeness (QED) is 0.792. The second kappa shape index (κ2) is 8.41. The molecule has 154 valence electrons. The molecule has 2 aromatic rings. The molecule has 0 aromatic heterocycles. The van der Waals surface area contributed by atoms with Gasteiger partial charge in [0, 0.05) is 49.7 Å². The number of methoxy groups -OCH3 is 1. The zero-order valence-corrected chi connectivity index (χ0v) is 17.1. The van der Waals surface area contributed by atoms with Crippen LogP contribution in [-0.4, -0.2) is 56.7 Å². The van der Waals surface area contributed by atoms with Crippen molar-refractivity contribution < 1.29 is 13.9 Å². The van der Waals surface area contributed by atoms with Gasteiger partial charge >= 0.3 is 0 Å². The second-order valence-electron chi connectivity index (χ2n) is 7.87. The molecule has 0 atom stereocenters. The van der Waals surface area contributed by atoms with Crippen molar-refractivity contribution in [3.05, 3.63) is 53.8 Å². The lowest BCUT2D eigenvalue weighted by Crippen LogP contribution is -2.56. The third kappa shape index (κ3) is 4.22. The van der Waals surface area contributed by atoms with Gasteiger partial charge in [0.25, 0.3) is 0 Å². The summed E-state index contributed by atoms with van der Waals surface area (Å²) in [5.41, 5.74) is 2.99. The summed E-state index contributed by atoms with van der Waals surface area (Å²) in [6.45, 7) is 5.85. The molecule has 2 fully saturated rings. The lowest BCUT2D eigenvalue weighted by molar-refractivity contribution is -0.122. The zero-order chi connectivity index (χ0) is 20.4. The van der Waals surface area contributed by atoms with Gasteiger partial charge in [0.05, 0.1) is 13.7 Å². The van der Waals surface area contributed by atoms with E-state index in [9.17, 15) is 9.18 Å². The number of piperidine rings is 1. The minimum atomic E-state index is -0.187. The van der Waals surface area contributed by atoms with Crippen molar-refractivity contribution in [1.82, 2.24) is 4.90 Å². The molecule has 1 amide bonds. The SMILES string of the molecule is COc1cccc(N2CCN(C3CCN(c4ccc(F)cc4C)CC3)CC2=O)c1. The van der Waals surface area contributed by atoms with Crippen molar-refractivity contribution in [1.29, 1.82) is 0 Å². The Hall–Kier alpha value is -2.60. The first-order chi connectivity index (χ1) is 14.0. The molecule has 0 radical (unpaired) electrons. The molecular weight excluding hydrogens is 369 g/mol. The molecule has 2 aliphatic rings. The van der Waals surface area contributed by atoms with E-state index in [1.165, 1.54) is 6.07 Å². The van der Waals surface area contributed by atoms with E-state index in [0.717, 1.165) is 55.2 Å². The Bertz CT molecular complexity index is 880. The number of aryl methyl sites for hydroxylation is 1. The number of hydrogen-bond donors (Lipinski definition) is 0. The van der Waals surface area contributed by atoms with E-state index in [-0.39, 0.29) is 11.7 Å². The highest BCUT2D eigenvalue weighted by atomic mass is 19.1. The predicted octanol–water partition coefficient (Wildman–Crippen LogP) is 3.46. The standard InChI is InChI=1S/C23H28FN3O2/c1-17-14-18(24)6-7-22(17)25-10-8-19(9-11-25)26-12-13-27(23(28)16-26)20-4-3-5-21(15-20)29-2/h3-7,14-15,19H,8-13,16H2,1-2H3. The van der Waals surface area contributed by atoms with Gasteiger partial charge in [0.2, 0.25) is 5.91 Å². The molecule has 2 saturated heterocycles. The Morgan fingerprint density at radius 2 is 1.83 bits per heavy atom. The molecule has 2 aromatic carbocycles. The summed E-state index contributed by atoms with van der Waals surface area (Å²) in [5.74, 6) is 0.719. The van der Waals surface area contributed by atoms with Crippen molar-refractivity contribution in [2.75, 3.05) is 49.6 Å². The fourth-order valence-corrected chi connectivity index (χ4v) is 4.50. The molecule has 2 heterocycles. The fraction of sp³-hybridized carbons (Fsp3) is 0.435. The molecule has 4 rings (SSSR count). The van der Waals surface area contributed by atoms with Gasteiger partial charge in [-0.1, -0.05) is 6.07 Å². The summed E-state index contributed by atoms with van der Waals surface area (Å²) in [6.07, 6.45) is 2.03. The molecule has 29 heavy (non-hydrogen) atoms. The van der Waals surface area contributed by atoms with Gasteiger partial charge in [-0.05, 0) is 55.7 Å². The molecule has 0 N–H and O–H groups in total. The van der Waals surface area contributed by atoms with Crippen LogP contribution >= 0.6 is 0 Å². The highest BCUT2D eigenvalue weighted by Crippen LogP contribution is 2.28. The number of carbonyl (C=O) groups is 1.